The fraction of sp³-hybridized carbons (Fsp3) is 0.222. The largest absolute Gasteiger partial charge is 0.348 e. The van der Waals surface area contributed by atoms with Crippen LogP contribution in [0.15, 0.2) is 71.5 Å². The molecule has 1 N–H and O–H groups in total. The predicted molar refractivity (Wildman–Crippen MR) is 131 cm³/mol. The molecule has 35 heavy (non-hydrogen) atoms. The van der Waals surface area contributed by atoms with Gasteiger partial charge < -0.3 is 10.2 Å². The second-order valence-electron chi connectivity index (χ2n) is 8.63. The average molecular weight is 475 g/mol. The maximum atomic E-state index is 13.9. The zero-order valence-electron chi connectivity index (χ0n) is 19.0. The number of halogens is 2. The smallest absolute Gasteiger partial charge is 0.263 e. The van der Waals surface area contributed by atoms with Crippen LogP contribution in [0.1, 0.15) is 34.3 Å². The van der Waals surface area contributed by atoms with Crippen LogP contribution < -0.4 is 15.8 Å². The molecule has 1 saturated heterocycles. The van der Waals surface area contributed by atoms with Crippen molar-refractivity contribution in [2.24, 2.45) is 0 Å². The Kier molecular flexibility index (Phi) is 6.27. The van der Waals surface area contributed by atoms with Gasteiger partial charge in [-0.1, -0.05) is 36.4 Å². The second kappa shape index (κ2) is 9.66. The third-order valence-electron chi connectivity index (χ3n) is 6.22. The van der Waals surface area contributed by atoms with Crippen molar-refractivity contribution in [2.75, 3.05) is 18.0 Å². The normalized spacial score (nSPS) is 13.4. The topological polar surface area (TPSA) is 67.2 Å². The van der Waals surface area contributed by atoms with Crippen molar-refractivity contribution >= 4 is 22.8 Å². The first-order valence-corrected chi connectivity index (χ1v) is 11.6. The molecule has 2 heterocycles. The van der Waals surface area contributed by atoms with Crippen molar-refractivity contribution in [2.45, 2.75) is 25.9 Å². The van der Waals surface area contributed by atoms with E-state index in [2.05, 4.69) is 10.2 Å². The summed E-state index contributed by atoms with van der Waals surface area (Å²) in [5, 5.41) is 3.07. The molecule has 0 spiro atoms. The number of rotatable bonds is 6. The number of aromatic nitrogens is 2. The van der Waals surface area contributed by atoms with Crippen LogP contribution in [0, 0.1) is 11.6 Å². The third kappa shape index (κ3) is 4.77. The first kappa shape index (κ1) is 22.7. The molecule has 1 aliphatic heterocycles. The van der Waals surface area contributed by atoms with Crippen LogP contribution in [0.4, 0.5) is 14.7 Å². The Labute approximate surface area is 200 Å². The van der Waals surface area contributed by atoms with E-state index in [4.69, 9.17) is 4.98 Å². The van der Waals surface area contributed by atoms with Crippen LogP contribution >= 0.6 is 0 Å². The molecule has 8 heteroatoms. The highest BCUT2D eigenvalue weighted by molar-refractivity contribution is 5.97. The van der Waals surface area contributed by atoms with Crippen molar-refractivity contribution in [1.82, 2.24) is 14.9 Å². The number of nitrogens with one attached hydrogen (secondary N) is 1. The molecule has 0 radical (unpaired) electrons. The van der Waals surface area contributed by atoms with Crippen LogP contribution in [-0.2, 0) is 13.1 Å². The fourth-order valence-electron chi connectivity index (χ4n) is 4.36. The Bertz CT molecular complexity index is 1450. The van der Waals surface area contributed by atoms with Crippen molar-refractivity contribution in [3.63, 3.8) is 0 Å². The molecule has 4 aromatic rings. The van der Waals surface area contributed by atoms with E-state index in [0.717, 1.165) is 43.6 Å². The Morgan fingerprint density at radius 1 is 0.971 bits per heavy atom. The summed E-state index contributed by atoms with van der Waals surface area (Å²) in [6.07, 6.45) is 2.06. The van der Waals surface area contributed by atoms with Crippen LogP contribution in [0.2, 0.25) is 0 Å². The van der Waals surface area contributed by atoms with Crippen LogP contribution in [0.25, 0.3) is 10.9 Å². The van der Waals surface area contributed by atoms with E-state index in [1.165, 1.54) is 6.07 Å². The maximum Gasteiger partial charge on any atom is 0.263 e. The minimum Gasteiger partial charge on any atom is -0.348 e. The molecule has 0 atom stereocenters. The summed E-state index contributed by atoms with van der Waals surface area (Å²) in [4.78, 5) is 33.1. The quantitative estimate of drug-likeness (QED) is 0.454. The summed E-state index contributed by atoms with van der Waals surface area (Å²) < 4.78 is 28.7. The van der Waals surface area contributed by atoms with Gasteiger partial charge in [0.1, 0.15) is 11.6 Å². The molecular formula is C27H24F2N4O2. The van der Waals surface area contributed by atoms with Gasteiger partial charge >= 0.3 is 0 Å². The van der Waals surface area contributed by atoms with Crippen LogP contribution in [-0.4, -0.2) is 28.5 Å². The van der Waals surface area contributed by atoms with Gasteiger partial charge in [0, 0.05) is 36.8 Å². The van der Waals surface area contributed by atoms with Gasteiger partial charge in [0.15, 0.2) is 0 Å². The molecule has 0 saturated carbocycles. The van der Waals surface area contributed by atoms with Crippen LogP contribution in [0.3, 0.4) is 0 Å². The Morgan fingerprint density at radius 3 is 2.49 bits per heavy atom. The zero-order chi connectivity index (χ0) is 24.4. The first-order valence-electron chi connectivity index (χ1n) is 11.6. The van der Waals surface area contributed by atoms with E-state index >= 15 is 0 Å². The number of anilines is 1. The number of carbonyl (C=O) groups excluding carboxylic acids is 1. The molecule has 178 valence electrons. The molecule has 0 unspecified atom stereocenters. The SMILES string of the molecule is O=C(NCc1ccc(F)cc1F)c1ccc2c(=O)n(Cc3ccccc3)c(N3CCCC3)nc2c1. The lowest BCUT2D eigenvalue weighted by molar-refractivity contribution is 0.0950. The van der Waals surface area contributed by atoms with Crippen LogP contribution in [0.5, 0.6) is 0 Å². The summed E-state index contributed by atoms with van der Waals surface area (Å²) >= 11 is 0. The molecule has 1 aromatic heterocycles. The van der Waals surface area contributed by atoms with Gasteiger partial charge in [0.25, 0.3) is 11.5 Å². The summed E-state index contributed by atoms with van der Waals surface area (Å²) in [5.74, 6) is -1.24. The van der Waals surface area contributed by atoms with Gasteiger partial charge in [-0.25, -0.2) is 13.8 Å². The Morgan fingerprint density at radius 2 is 1.74 bits per heavy atom. The third-order valence-corrected chi connectivity index (χ3v) is 6.22. The molecule has 5 rings (SSSR count). The standard InChI is InChI=1S/C27H24F2N4O2/c28-21-10-8-20(23(29)15-21)16-30-25(34)19-9-11-22-24(14-19)31-27(32-12-4-5-13-32)33(26(22)35)17-18-6-2-1-3-7-18/h1-3,6-11,14-15H,4-5,12-13,16-17H2,(H,30,34). The number of hydrogen-bond acceptors (Lipinski definition) is 4. The molecule has 1 aliphatic rings. The second-order valence-corrected chi connectivity index (χ2v) is 8.63. The number of hydrogen-bond donors (Lipinski definition) is 1. The van der Waals surface area contributed by atoms with E-state index in [-0.39, 0.29) is 17.7 Å². The summed E-state index contributed by atoms with van der Waals surface area (Å²) in [5.41, 5.74) is 1.75. The number of benzene rings is 3. The average Bonchev–Trinajstić information content (AvgIpc) is 3.40. The fourth-order valence-corrected chi connectivity index (χ4v) is 4.36. The Hall–Kier alpha value is -4.07. The Balaban J connectivity index is 1.47. The molecule has 1 fully saturated rings. The van der Waals surface area contributed by atoms with Crippen molar-refractivity contribution < 1.29 is 13.6 Å². The molecule has 0 aliphatic carbocycles. The first-order chi connectivity index (χ1) is 17.0. The highest BCUT2D eigenvalue weighted by atomic mass is 19.1. The monoisotopic (exact) mass is 474 g/mol. The minimum absolute atomic E-state index is 0.0892. The van der Waals surface area contributed by atoms with E-state index in [0.29, 0.717) is 29.0 Å². The minimum atomic E-state index is -0.722. The predicted octanol–water partition coefficient (Wildman–Crippen LogP) is 4.25. The van der Waals surface area contributed by atoms with E-state index in [9.17, 15) is 18.4 Å². The number of fused-ring (bicyclic) bond motifs is 1. The maximum absolute atomic E-state index is 13.9. The summed E-state index contributed by atoms with van der Waals surface area (Å²) in [6.45, 7) is 1.94. The molecule has 1 amide bonds. The van der Waals surface area contributed by atoms with Crippen molar-refractivity contribution in [3.8, 4) is 0 Å². The number of nitrogens with zero attached hydrogens (tertiary/aromatic N) is 3. The molecule has 3 aromatic carbocycles. The molecule has 0 bridgehead atoms. The van der Waals surface area contributed by atoms with Gasteiger partial charge in [-0.05, 0) is 42.7 Å². The highest BCUT2D eigenvalue weighted by Gasteiger charge is 2.21. The van der Waals surface area contributed by atoms with E-state index in [1.54, 1.807) is 22.8 Å². The number of amides is 1. The van der Waals surface area contributed by atoms with Gasteiger partial charge in [-0.3, -0.25) is 14.2 Å². The molecular weight excluding hydrogens is 450 g/mol. The lowest BCUT2D eigenvalue weighted by Crippen LogP contribution is -2.31. The van der Waals surface area contributed by atoms with Crippen molar-refractivity contribution in [1.29, 1.82) is 0 Å². The lowest BCUT2D eigenvalue weighted by atomic mass is 10.1. The van der Waals surface area contributed by atoms with Gasteiger partial charge in [-0.2, -0.15) is 0 Å². The lowest BCUT2D eigenvalue weighted by Gasteiger charge is -2.22. The van der Waals surface area contributed by atoms with Crippen molar-refractivity contribution in [3.05, 3.63) is 105 Å². The summed E-state index contributed by atoms with van der Waals surface area (Å²) in [7, 11) is 0. The zero-order valence-corrected chi connectivity index (χ0v) is 19.0. The van der Waals surface area contributed by atoms with Gasteiger partial charge in [0.2, 0.25) is 5.95 Å². The van der Waals surface area contributed by atoms with Gasteiger partial charge in [-0.15, -0.1) is 0 Å². The van der Waals surface area contributed by atoms with E-state index < -0.39 is 17.5 Å². The van der Waals surface area contributed by atoms with Gasteiger partial charge in [0.05, 0.1) is 17.4 Å². The highest BCUT2D eigenvalue weighted by Crippen LogP contribution is 2.22. The number of carbonyl (C=O) groups is 1. The molecule has 6 nitrogen and oxygen atoms in total. The van der Waals surface area contributed by atoms with E-state index in [1.807, 2.05) is 30.3 Å². The summed E-state index contributed by atoms with van der Waals surface area (Å²) in [6, 6.07) is 17.7.